The number of carbonyl (C=O) groups excluding carboxylic acids is 3. The van der Waals surface area contributed by atoms with Crippen molar-refractivity contribution < 1.29 is 23.9 Å². The van der Waals surface area contributed by atoms with Crippen molar-refractivity contribution >= 4 is 39.5 Å². The molecule has 266 valence electrons. The number of halogens is 1. The lowest BCUT2D eigenvalue weighted by molar-refractivity contribution is -0.140. The van der Waals surface area contributed by atoms with Gasteiger partial charge in [0.05, 0.1) is 5.92 Å². The van der Waals surface area contributed by atoms with Crippen molar-refractivity contribution in [1.82, 2.24) is 14.7 Å². The van der Waals surface area contributed by atoms with Crippen molar-refractivity contribution in [3.63, 3.8) is 0 Å². The van der Waals surface area contributed by atoms with Gasteiger partial charge in [-0.15, -0.1) is 0 Å². The molecule has 3 amide bonds. The summed E-state index contributed by atoms with van der Waals surface area (Å²) in [7, 11) is 0. The van der Waals surface area contributed by atoms with Crippen molar-refractivity contribution in [2.45, 2.75) is 77.2 Å². The number of benzene rings is 3. The normalized spacial score (nSPS) is 18.7. The highest BCUT2D eigenvalue weighted by molar-refractivity contribution is 9.10. The molecule has 0 aromatic heterocycles. The van der Waals surface area contributed by atoms with Gasteiger partial charge in [-0.1, -0.05) is 64.5 Å². The second kappa shape index (κ2) is 15.9. The van der Waals surface area contributed by atoms with Gasteiger partial charge in [0.2, 0.25) is 5.91 Å². The molecular weight excluding hydrogens is 696 g/mol. The van der Waals surface area contributed by atoms with Gasteiger partial charge in [0.25, 0.3) is 5.91 Å². The molecule has 1 aliphatic carbocycles. The van der Waals surface area contributed by atoms with E-state index >= 15 is 0 Å². The maximum atomic E-state index is 14.0. The Labute approximate surface area is 304 Å². The van der Waals surface area contributed by atoms with Gasteiger partial charge >= 0.3 is 6.09 Å². The smallest absolute Gasteiger partial charge is 0.410 e. The van der Waals surface area contributed by atoms with Crippen LogP contribution in [0.15, 0.2) is 83.3 Å². The number of rotatable bonds is 10. The minimum Gasteiger partial charge on any atom is -0.480 e. The average molecular weight is 746 g/mol. The first-order valence-corrected chi connectivity index (χ1v) is 18.7. The Kier molecular flexibility index (Phi) is 11.4. The van der Waals surface area contributed by atoms with Crippen LogP contribution in [0.1, 0.15) is 57.6 Å². The fraction of sp³-hybridized carbons (Fsp3) is 0.475. The van der Waals surface area contributed by atoms with Crippen LogP contribution in [-0.2, 0) is 27.3 Å². The number of ether oxygens (including phenoxy) is 2. The van der Waals surface area contributed by atoms with Crippen molar-refractivity contribution in [3.05, 3.63) is 94.5 Å². The summed E-state index contributed by atoms with van der Waals surface area (Å²) in [5, 5.41) is 0. The molecule has 3 aliphatic rings. The maximum Gasteiger partial charge on any atom is 0.410 e. The highest BCUT2D eigenvalue weighted by atomic mass is 79.9. The van der Waals surface area contributed by atoms with E-state index in [-0.39, 0.29) is 23.8 Å². The molecule has 3 fully saturated rings. The Bertz CT molecular complexity index is 1620. The molecule has 1 saturated carbocycles. The standard InChI is InChI=1S/C40H49BrN4O5/c1-40(2,3)50-39(48)43-23-21-42(22-24-43)38(47)36(25-29-9-5-4-6-10-29)49-35-13-7-12-34(26-35)44-20-8-11-31(28-44)37(46)45(33-18-19-33)27-30-14-16-32(41)17-15-30/h4-7,9-10,12-17,26,31,33,36H,8,11,18-25,27-28H2,1-3H3/t31-,36?/m1/s1. The fourth-order valence-electron chi connectivity index (χ4n) is 6.77. The topological polar surface area (TPSA) is 82.6 Å². The first kappa shape index (κ1) is 35.8. The van der Waals surface area contributed by atoms with Crippen LogP contribution in [0, 0.1) is 5.92 Å². The third kappa shape index (κ3) is 9.59. The van der Waals surface area contributed by atoms with Gasteiger partial charge in [0, 0.05) is 74.5 Å². The van der Waals surface area contributed by atoms with E-state index in [0.29, 0.717) is 57.5 Å². The Balaban J connectivity index is 1.12. The SMILES string of the molecule is CC(C)(C)OC(=O)N1CCN(C(=O)C(Cc2ccccc2)Oc2cccc(N3CCC[C@@H](C(=O)N(Cc4ccc(Br)cc4)C4CC4)C3)c2)CC1. The second-order valence-corrected chi connectivity index (χ2v) is 15.6. The monoisotopic (exact) mass is 744 g/mol. The molecule has 2 saturated heterocycles. The molecule has 0 radical (unpaired) electrons. The summed E-state index contributed by atoms with van der Waals surface area (Å²) in [6.07, 6.45) is 3.28. The molecule has 3 aromatic carbocycles. The zero-order valence-electron chi connectivity index (χ0n) is 29.4. The number of hydrogen-bond donors (Lipinski definition) is 0. The highest BCUT2D eigenvalue weighted by Crippen LogP contribution is 2.33. The second-order valence-electron chi connectivity index (χ2n) is 14.7. The number of hydrogen-bond acceptors (Lipinski definition) is 6. The van der Waals surface area contributed by atoms with E-state index in [4.69, 9.17) is 9.47 Å². The van der Waals surface area contributed by atoms with E-state index in [9.17, 15) is 14.4 Å². The Morgan fingerprint density at radius 3 is 2.22 bits per heavy atom. The zero-order valence-corrected chi connectivity index (χ0v) is 31.0. The van der Waals surface area contributed by atoms with Crippen LogP contribution >= 0.6 is 15.9 Å². The summed E-state index contributed by atoms with van der Waals surface area (Å²) >= 11 is 3.52. The lowest BCUT2D eigenvalue weighted by atomic mass is 9.95. The number of anilines is 1. The molecule has 3 aromatic rings. The molecule has 1 unspecified atom stereocenters. The van der Waals surface area contributed by atoms with Crippen LogP contribution in [0.3, 0.4) is 0 Å². The van der Waals surface area contributed by atoms with Crippen molar-refractivity contribution in [1.29, 1.82) is 0 Å². The molecule has 0 spiro atoms. The summed E-state index contributed by atoms with van der Waals surface area (Å²) in [6, 6.07) is 26.4. The molecule has 9 nitrogen and oxygen atoms in total. The molecule has 50 heavy (non-hydrogen) atoms. The Morgan fingerprint density at radius 2 is 1.54 bits per heavy atom. The van der Waals surface area contributed by atoms with Gasteiger partial charge in [-0.2, -0.15) is 0 Å². The maximum absolute atomic E-state index is 14.0. The molecule has 0 bridgehead atoms. The lowest BCUT2D eigenvalue weighted by Crippen LogP contribution is -2.54. The molecule has 2 heterocycles. The minimum atomic E-state index is -0.734. The molecule has 6 rings (SSSR count). The molecule has 10 heteroatoms. The van der Waals surface area contributed by atoms with Crippen LogP contribution in [0.5, 0.6) is 5.75 Å². The fourth-order valence-corrected chi connectivity index (χ4v) is 7.04. The largest absolute Gasteiger partial charge is 0.480 e. The lowest BCUT2D eigenvalue weighted by Gasteiger charge is -2.37. The number of amides is 3. The van der Waals surface area contributed by atoms with E-state index in [0.717, 1.165) is 53.5 Å². The van der Waals surface area contributed by atoms with E-state index in [2.05, 4.69) is 43.9 Å². The van der Waals surface area contributed by atoms with E-state index in [1.165, 1.54) is 0 Å². The van der Waals surface area contributed by atoms with Crippen molar-refractivity contribution in [2.75, 3.05) is 44.2 Å². The quantitative estimate of drug-likeness (QED) is 0.224. The number of carbonyl (C=O) groups is 3. The van der Waals surface area contributed by atoms with E-state index in [1.807, 2.05) is 81.4 Å². The minimum absolute atomic E-state index is 0.0730. The van der Waals surface area contributed by atoms with Gasteiger partial charge in [-0.25, -0.2) is 4.79 Å². The summed E-state index contributed by atoms with van der Waals surface area (Å²) in [6.45, 7) is 9.35. The predicted molar refractivity (Wildman–Crippen MR) is 198 cm³/mol. The van der Waals surface area contributed by atoms with E-state index in [1.54, 1.807) is 9.80 Å². The number of piperazine rings is 1. The predicted octanol–water partition coefficient (Wildman–Crippen LogP) is 6.93. The van der Waals surface area contributed by atoms with Crippen molar-refractivity contribution in [2.24, 2.45) is 5.92 Å². The third-order valence-corrected chi connectivity index (χ3v) is 10.1. The highest BCUT2D eigenvalue weighted by Gasteiger charge is 2.38. The van der Waals surface area contributed by atoms with Crippen LogP contribution < -0.4 is 9.64 Å². The Morgan fingerprint density at radius 1 is 0.840 bits per heavy atom. The zero-order chi connectivity index (χ0) is 35.3. The van der Waals surface area contributed by atoms with Gasteiger partial charge in [0.15, 0.2) is 6.10 Å². The molecule has 2 aliphatic heterocycles. The summed E-state index contributed by atoms with van der Waals surface area (Å²) in [5.74, 6) is 0.689. The molecule has 0 N–H and O–H groups in total. The summed E-state index contributed by atoms with van der Waals surface area (Å²) in [4.78, 5) is 48.4. The first-order chi connectivity index (χ1) is 24.0. The van der Waals surface area contributed by atoms with Crippen LogP contribution in [0.25, 0.3) is 0 Å². The van der Waals surface area contributed by atoms with Crippen LogP contribution in [0.2, 0.25) is 0 Å². The van der Waals surface area contributed by atoms with Gasteiger partial charge in [-0.05, 0) is 81.8 Å². The average Bonchev–Trinajstić information content (AvgIpc) is 3.96. The van der Waals surface area contributed by atoms with Crippen molar-refractivity contribution in [3.8, 4) is 5.75 Å². The Hall–Kier alpha value is -4.05. The summed E-state index contributed by atoms with van der Waals surface area (Å²) in [5.41, 5.74) is 2.57. The van der Waals surface area contributed by atoms with Gasteiger partial charge in [-0.3, -0.25) is 9.59 Å². The van der Waals surface area contributed by atoms with E-state index < -0.39 is 11.7 Å². The number of nitrogens with zero attached hydrogens (tertiary/aromatic N) is 4. The van der Waals surface area contributed by atoms with Gasteiger partial charge in [0.1, 0.15) is 11.4 Å². The first-order valence-electron chi connectivity index (χ1n) is 17.9. The third-order valence-electron chi connectivity index (χ3n) is 9.55. The van der Waals surface area contributed by atoms with Crippen LogP contribution in [-0.4, -0.2) is 89.6 Å². The molecular formula is C40H49BrN4O5. The number of piperidine rings is 1. The van der Waals surface area contributed by atoms with Gasteiger partial charge < -0.3 is 29.1 Å². The summed E-state index contributed by atoms with van der Waals surface area (Å²) < 4.78 is 13.1. The molecule has 2 atom stereocenters. The van der Waals surface area contributed by atoms with Crippen LogP contribution in [0.4, 0.5) is 10.5 Å².